The molecular formula is C4H3NO3. The van der Waals surface area contributed by atoms with Gasteiger partial charge in [-0.15, -0.1) is 0 Å². The second kappa shape index (κ2) is 2.75. The number of hydrogen-bond acceptors (Lipinski definition) is 3. The Morgan fingerprint density at radius 3 is 2.25 bits per heavy atom. The summed E-state index contributed by atoms with van der Waals surface area (Å²) in [5.74, 6) is -2.61. The smallest absolute Gasteiger partial charge is 0.373 e. The molecule has 0 heterocycles. The van der Waals surface area contributed by atoms with Gasteiger partial charge >= 0.3 is 5.97 Å². The van der Waals surface area contributed by atoms with Gasteiger partial charge in [-0.3, -0.25) is 4.79 Å². The van der Waals surface area contributed by atoms with Crippen molar-refractivity contribution in [1.82, 2.24) is 0 Å². The fourth-order valence-electron chi connectivity index (χ4n) is 0.147. The zero-order valence-electron chi connectivity index (χ0n) is 3.92. The molecule has 0 aliphatic rings. The number of carboxylic acid groups (broad SMARTS) is 1. The average molecular weight is 113 g/mol. The molecule has 0 aromatic heterocycles. The zero-order chi connectivity index (χ0) is 6.57. The highest BCUT2D eigenvalue weighted by atomic mass is 16.4. The number of nitriles is 1. The molecule has 0 radical (unpaired) electrons. The Morgan fingerprint density at radius 2 is 2.12 bits per heavy atom. The van der Waals surface area contributed by atoms with Crippen LogP contribution in [0.2, 0.25) is 0 Å². The van der Waals surface area contributed by atoms with Gasteiger partial charge < -0.3 is 5.11 Å². The molecule has 0 bridgehead atoms. The lowest BCUT2D eigenvalue weighted by molar-refractivity contribution is -0.148. The van der Waals surface area contributed by atoms with E-state index in [9.17, 15) is 9.59 Å². The molecule has 0 aromatic carbocycles. The first-order valence-corrected chi connectivity index (χ1v) is 1.81. The van der Waals surface area contributed by atoms with Crippen molar-refractivity contribution in [3.63, 3.8) is 0 Å². The predicted molar refractivity (Wildman–Crippen MR) is 22.9 cm³/mol. The van der Waals surface area contributed by atoms with Crippen LogP contribution in [0.4, 0.5) is 0 Å². The minimum atomic E-state index is -1.55. The number of aliphatic carboxylic acids is 1. The monoisotopic (exact) mass is 113 g/mol. The second-order valence-corrected chi connectivity index (χ2v) is 1.06. The van der Waals surface area contributed by atoms with Gasteiger partial charge in [0.25, 0.3) is 5.78 Å². The van der Waals surface area contributed by atoms with E-state index in [-0.39, 0.29) is 0 Å². The second-order valence-electron chi connectivity index (χ2n) is 1.06. The standard InChI is InChI=1S/C4H3NO3/c5-2-1-3(6)4(7)8/h1H2,(H,7,8). The Hall–Kier alpha value is -1.37. The number of carboxylic acids is 1. The van der Waals surface area contributed by atoms with E-state index >= 15 is 0 Å². The summed E-state index contributed by atoms with van der Waals surface area (Å²) in [4.78, 5) is 19.5. The maximum Gasteiger partial charge on any atom is 0.373 e. The molecule has 8 heavy (non-hydrogen) atoms. The molecule has 0 aliphatic carbocycles. The molecule has 0 aromatic rings. The van der Waals surface area contributed by atoms with Crippen molar-refractivity contribution in [2.75, 3.05) is 0 Å². The highest BCUT2D eigenvalue weighted by molar-refractivity contribution is 6.33. The Morgan fingerprint density at radius 1 is 1.62 bits per heavy atom. The van der Waals surface area contributed by atoms with Gasteiger partial charge in [-0.1, -0.05) is 0 Å². The first kappa shape index (κ1) is 6.63. The number of carbonyl (C=O) groups is 2. The summed E-state index contributed by atoms with van der Waals surface area (Å²) in [5.41, 5.74) is 0. The van der Waals surface area contributed by atoms with Gasteiger partial charge in [-0.2, -0.15) is 5.26 Å². The minimum absolute atomic E-state index is 0.546. The van der Waals surface area contributed by atoms with E-state index in [0.29, 0.717) is 0 Å². The average Bonchev–Trinajstić information content (AvgIpc) is 1.67. The van der Waals surface area contributed by atoms with Gasteiger partial charge in [0, 0.05) is 0 Å². The molecular weight excluding hydrogens is 110 g/mol. The van der Waals surface area contributed by atoms with Gasteiger partial charge in [0.1, 0.15) is 6.42 Å². The summed E-state index contributed by atoms with van der Waals surface area (Å²) in [6.07, 6.45) is -0.546. The molecule has 0 amide bonds. The highest BCUT2D eigenvalue weighted by Crippen LogP contribution is 1.77. The molecule has 42 valence electrons. The Balaban J connectivity index is 3.71. The molecule has 0 fully saturated rings. The summed E-state index contributed by atoms with van der Waals surface area (Å²) in [6.45, 7) is 0. The van der Waals surface area contributed by atoms with Crippen LogP contribution in [0.1, 0.15) is 6.42 Å². The SMILES string of the molecule is N#CCC(=O)C(=O)O. The van der Waals surface area contributed by atoms with Gasteiger partial charge in [-0.25, -0.2) is 4.79 Å². The van der Waals surface area contributed by atoms with E-state index in [0.717, 1.165) is 0 Å². The van der Waals surface area contributed by atoms with Crippen molar-refractivity contribution in [1.29, 1.82) is 5.26 Å². The van der Waals surface area contributed by atoms with Crippen LogP contribution in [0, 0.1) is 11.3 Å². The lowest BCUT2D eigenvalue weighted by Crippen LogP contribution is -2.10. The van der Waals surface area contributed by atoms with Gasteiger partial charge in [0.15, 0.2) is 0 Å². The highest BCUT2D eigenvalue weighted by Gasteiger charge is 2.08. The van der Waals surface area contributed by atoms with Gasteiger partial charge in [0.2, 0.25) is 0 Å². The zero-order valence-corrected chi connectivity index (χ0v) is 3.92. The molecule has 0 unspecified atom stereocenters. The molecule has 4 heteroatoms. The van der Waals surface area contributed by atoms with Crippen LogP contribution >= 0.6 is 0 Å². The van der Waals surface area contributed by atoms with Gasteiger partial charge in [-0.05, 0) is 0 Å². The Labute approximate surface area is 45.3 Å². The summed E-state index contributed by atoms with van der Waals surface area (Å²) >= 11 is 0. The fraction of sp³-hybridized carbons (Fsp3) is 0.250. The Bertz CT molecular complexity index is 155. The van der Waals surface area contributed by atoms with Crippen molar-refractivity contribution < 1.29 is 14.7 Å². The van der Waals surface area contributed by atoms with Crippen LogP contribution in [-0.4, -0.2) is 16.9 Å². The van der Waals surface area contributed by atoms with Crippen LogP contribution in [0.5, 0.6) is 0 Å². The third kappa shape index (κ3) is 1.92. The topological polar surface area (TPSA) is 78.2 Å². The van der Waals surface area contributed by atoms with Crippen LogP contribution in [-0.2, 0) is 9.59 Å². The molecule has 0 saturated heterocycles. The van der Waals surface area contributed by atoms with E-state index in [1.54, 1.807) is 0 Å². The number of ketones is 1. The predicted octanol–water partition coefficient (Wildman–Crippen LogP) is -0.446. The van der Waals surface area contributed by atoms with Crippen molar-refractivity contribution in [3.05, 3.63) is 0 Å². The van der Waals surface area contributed by atoms with E-state index in [4.69, 9.17) is 10.4 Å². The Kier molecular flexibility index (Phi) is 2.28. The number of Topliss-reactive ketones (excluding diaryl/α,β-unsaturated/α-hetero) is 1. The maximum atomic E-state index is 9.92. The van der Waals surface area contributed by atoms with Crippen molar-refractivity contribution in [2.24, 2.45) is 0 Å². The number of carbonyl (C=O) groups excluding carboxylic acids is 1. The molecule has 0 aliphatic heterocycles. The van der Waals surface area contributed by atoms with Crippen molar-refractivity contribution >= 4 is 11.8 Å². The molecule has 0 spiro atoms. The third-order valence-corrected chi connectivity index (χ3v) is 0.478. The summed E-state index contributed by atoms with van der Waals surface area (Å²) in [6, 6.07) is 1.42. The summed E-state index contributed by atoms with van der Waals surface area (Å²) in [7, 11) is 0. The van der Waals surface area contributed by atoms with E-state index < -0.39 is 18.2 Å². The number of nitrogens with zero attached hydrogens (tertiary/aromatic N) is 1. The number of rotatable bonds is 2. The molecule has 0 saturated carbocycles. The van der Waals surface area contributed by atoms with Crippen LogP contribution in [0.3, 0.4) is 0 Å². The molecule has 4 nitrogen and oxygen atoms in total. The fourth-order valence-corrected chi connectivity index (χ4v) is 0.147. The third-order valence-electron chi connectivity index (χ3n) is 0.478. The maximum absolute atomic E-state index is 9.92. The minimum Gasteiger partial charge on any atom is -0.475 e. The van der Waals surface area contributed by atoms with Gasteiger partial charge in [0.05, 0.1) is 6.07 Å². The van der Waals surface area contributed by atoms with Crippen molar-refractivity contribution in [2.45, 2.75) is 6.42 Å². The van der Waals surface area contributed by atoms with E-state index in [1.165, 1.54) is 6.07 Å². The largest absolute Gasteiger partial charge is 0.475 e. The van der Waals surface area contributed by atoms with Crippen LogP contribution in [0.15, 0.2) is 0 Å². The van der Waals surface area contributed by atoms with Crippen LogP contribution < -0.4 is 0 Å². The van der Waals surface area contributed by atoms with Crippen molar-refractivity contribution in [3.8, 4) is 6.07 Å². The molecule has 1 N–H and O–H groups in total. The molecule has 0 rings (SSSR count). The normalized spacial score (nSPS) is 7.38. The van der Waals surface area contributed by atoms with E-state index in [1.807, 2.05) is 0 Å². The summed E-state index contributed by atoms with van der Waals surface area (Å²) < 4.78 is 0. The first-order valence-electron chi connectivity index (χ1n) is 1.81. The quantitative estimate of drug-likeness (QED) is 0.492. The van der Waals surface area contributed by atoms with Crippen LogP contribution in [0.25, 0.3) is 0 Å². The first-order chi connectivity index (χ1) is 3.68. The van der Waals surface area contributed by atoms with E-state index in [2.05, 4.69) is 0 Å². The lowest BCUT2D eigenvalue weighted by Gasteiger charge is -1.79. The summed E-state index contributed by atoms with van der Waals surface area (Å²) in [5, 5.41) is 15.6. The lowest BCUT2D eigenvalue weighted by atomic mass is 10.3. The number of hydrogen-bond donors (Lipinski definition) is 1. The molecule has 0 atom stereocenters.